The molecule has 2 aromatic rings. The second-order valence-corrected chi connectivity index (χ2v) is 5.54. The Labute approximate surface area is 111 Å². The third-order valence-corrected chi connectivity index (χ3v) is 4.14. The van der Waals surface area contributed by atoms with E-state index in [0.29, 0.717) is 10.9 Å². The summed E-state index contributed by atoms with van der Waals surface area (Å²) in [6.07, 6.45) is 2.89. The molecule has 0 amide bonds. The smallest absolute Gasteiger partial charge is 0.152 e. The van der Waals surface area contributed by atoms with E-state index >= 15 is 0 Å². The topological polar surface area (TPSA) is 42.4 Å². The Kier molecular flexibility index (Phi) is 3.06. The lowest BCUT2D eigenvalue weighted by molar-refractivity contribution is 0.228. The molecule has 3 nitrogen and oxygen atoms in total. The van der Waals surface area contributed by atoms with Gasteiger partial charge in [-0.05, 0) is 26.1 Å². The number of halogens is 1. The fraction of sp³-hybridized carbons (Fsp3) is 0.429. The first kappa shape index (κ1) is 12.0. The first-order valence-corrected chi connectivity index (χ1v) is 6.64. The molecule has 1 saturated heterocycles. The number of piperidine rings is 1. The number of nitrogens with zero attached hydrogens (tertiary/aromatic N) is 1. The van der Waals surface area contributed by atoms with Crippen molar-refractivity contribution in [2.45, 2.75) is 18.4 Å². The molecule has 0 spiro atoms. The molecule has 96 valence electrons. The van der Waals surface area contributed by atoms with Gasteiger partial charge in [0.25, 0.3) is 0 Å². The van der Waals surface area contributed by atoms with Gasteiger partial charge in [-0.1, -0.05) is 23.7 Å². The minimum atomic E-state index is 0.156. The maximum atomic E-state index is 6.27. The molecule has 2 atom stereocenters. The Balaban J connectivity index is 2.02. The third kappa shape index (κ3) is 1.92. The molecule has 0 saturated carbocycles. The molecule has 2 N–H and O–H groups in total. The van der Waals surface area contributed by atoms with Crippen LogP contribution in [0.2, 0.25) is 5.02 Å². The second kappa shape index (κ2) is 4.57. The quantitative estimate of drug-likeness (QED) is 0.861. The van der Waals surface area contributed by atoms with E-state index in [4.69, 9.17) is 21.8 Å². The van der Waals surface area contributed by atoms with Gasteiger partial charge >= 0.3 is 0 Å². The van der Waals surface area contributed by atoms with Crippen LogP contribution in [0.25, 0.3) is 11.0 Å². The molecule has 0 radical (unpaired) electrons. The first-order chi connectivity index (χ1) is 8.66. The summed E-state index contributed by atoms with van der Waals surface area (Å²) in [4.78, 5) is 2.27. The van der Waals surface area contributed by atoms with E-state index < -0.39 is 0 Å². The summed E-state index contributed by atoms with van der Waals surface area (Å²) in [5, 5.41) is 1.77. The van der Waals surface area contributed by atoms with Crippen LogP contribution in [0.1, 0.15) is 17.9 Å². The fourth-order valence-corrected chi connectivity index (χ4v) is 3.09. The Bertz CT molecular complexity index is 566. The number of hydrogen-bond donors (Lipinski definition) is 1. The van der Waals surface area contributed by atoms with Gasteiger partial charge in [-0.25, -0.2) is 0 Å². The normalized spacial score (nSPS) is 25.7. The molecular formula is C14H17ClN2O. The SMILES string of the molecule is CN1CCC(c2coc3c(Cl)cccc23)C(N)C1. The Hall–Kier alpha value is -1.03. The minimum Gasteiger partial charge on any atom is -0.462 e. The highest BCUT2D eigenvalue weighted by Gasteiger charge is 2.28. The lowest BCUT2D eigenvalue weighted by Gasteiger charge is -2.34. The monoisotopic (exact) mass is 264 g/mol. The lowest BCUT2D eigenvalue weighted by Crippen LogP contribution is -2.45. The van der Waals surface area contributed by atoms with Crippen molar-refractivity contribution >= 4 is 22.6 Å². The summed E-state index contributed by atoms with van der Waals surface area (Å²) < 4.78 is 5.61. The highest BCUT2D eigenvalue weighted by Crippen LogP contribution is 2.36. The Morgan fingerprint density at radius 1 is 1.44 bits per heavy atom. The molecule has 1 aliphatic rings. The average molecular weight is 265 g/mol. The number of hydrogen-bond acceptors (Lipinski definition) is 3. The molecule has 1 aliphatic heterocycles. The number of rotatable bonds is 1. The molecule has 1 aromatic carbocycles. The number of nitrogens with two attached hydrogens (primary N) is 1. The predicted octanol–water partition coefficient (Wildman–Crippen LogP) is 2.83. The van der Waals surface area contributed by atoms with Gasteiger partial charge in [0.15, 0.2) is 5.58 Å². The van der Waals surface area contributed by atoms with Crippen LogP contribution in [0.5, 0.6) is 0 Å². The van der Waals surface area contributed by atoms with E-state index in [1.807, 2.05) is 18.4 Å². The van der Waals surface area contributed by atoms with E-state index in [9.17, 15) is 0 Å². The van der Waals surface area contributed by atoms with Crippen LogP contribution in [-0.2, 0) is 0 Å². The van der Waals surface area contributed by atoms with Crippen LogP contribution in [0.15, 0.2) is 28.9 Å². The first-order valence-electron chi connectivity index (χ1n) is 6.26. The van der Waals surface area contributed by atoms with Crippen LogP contribution in [0.4, 0.5) is 0 Å². The molecule has 3 rings (SSSR count). The number of fused-ring (bicyclic) bond motifs is 1. The van der Waals surface area contributed by atoms with E-state index in [1.54, 1.807) is 0 Å². The van der Waals surface area contributed by atoms with Crippen molar-refractivity contribution in [3.05, 3.63) is 35.0 Å². The zero-order valence-electron chi connectivity index (χ0n) is 10.4. The predicted molar refractivity (Wildman–Crippen MR) is 74.1 cm³/mol. The maximum Gasteiger partial charge on any atom is 0.152 e. The van der Waals surface area contributed by atoms with Crippen molar-refractivity contribution in [2.75, 3.05) is 20.1 Å². The average Bonchev–Trinajstić information content (AvgIpc) is 2.74. The van der Waals surface area contributed by atoms with E-state index in [1.165, 1.54) is 5.56 Å². The lowest BCUT2D eigenvalue weighted by atomic mass is 9.86. The second-order valence-electron chi connectivity index (χ2n) is 5.13. The van der Waals surface area contributed by atoms with E-state index in [0.717, 1.165) is 30.5 Å². The molecule has 18 heavy (non-hydrogen) atoms. The number of furan rings is 1. The van der Waals surface area contributed by atoms with Gasteiger partial charge in [-0.15, -0.1) is 0 Å². The van der Waals surface area contributed by atoms with Crippen molar-refractivity contribution < 1.29 is 4.42 Å². The maximum absolute atomic E-state index is 6.27. The van der Waals surface area contributed by atoms with Crippen LogP contribution in [-0.4, -0.2) is 31.1 Å². The van der Waals surface area contributed by atoms with Crippen LogP contribution >= 0.6 is 11.6 Å². The van der Waals surface area contributed by atoms with Crippen LogP contribution in [0.3, 0.4) is 0 Å². The van der Waals surface area contributed by atoms with Gasteiger partial charge in [-0.3, -0.25) is 0 Å². The number of benzene rings is 1. The van der Waals surface area contributed by atoms with Gasteiger partial charge in [0.2, 0.25) is 0 Å². The van der Waals surface area contributed by atoms with E-state index in [2.05, 4.69) is 18.0 Å². The molecule has 1 fully saturated rings. The molecule has 0 aliphatic carbocycles. The zero-order chi connectivity index (χ0) is 12.7. The standard InChI is InChI=1S/C14H17ClN2O/c1-17-6-5-9(13(16)7-17)11-8-18-14-10(11)3-2-4-12(14)15/h2-4,8-9,13H,5-7,16H2,1H3. The molecule has 2 heterocycles. The largest absolute Gasteiger partial charge is 0.462 e. The van der Waals surface area contributed by atoms with Gasteiger partial charge in [-0.2, -0.15) is 0 Å². The highest BCUT2D eigenvalue weighted by atomic mass is 35.5. The molecule has 1 aromatic heterocycles. The summed E-state index contributed by atoms with van der Waals surface area (Å²) >= 11 is 6.14. The van der Waals surface area contributed by atoms with Crippen molar-refractivity contribution in [3.63, 3.8) is 0 Å². The molecule has 2 unspecified atom stereocenters. The third-order valence-electron chi connectivity index (χ3n) is 3.84. The van der Waals surface area contributed by atoms with Gasteiger partial charge in [0, 0.05) is 29.5 Å². The minimum absolute atomic E-state index is 0.156. The number of para-hydroxylation sites is 1. The van der Waals surface area contributed by atoms with Crippen molar-refractivity contribution in [3.8, 4) is 0 Å². The van der Waals surface area contributed by atoms with Crippen LogP contribution < -0.4 is 5.73 Å². The Morgan fingerprint density at radius 3 is 3.06 bits per heavy atom. The zero-order valence-corrected chi connectivity index (χ0v) is 11.2. The molecule has 0 bridgehead atoms. The summed E-state index contributed by atoms with van der Waals surface area (Å²) in [7, 11) is 2.11. The fourth-order valence-electron chi connectivity index (χ4n) is 2.87. The summed E-state index contributed by atoms with van der Waals surface area (Å²) in [5.41, 5.74) is 8.25. The van der Waals surface area contributed by atoms with Crippen molar-refractivity contribution in [1.29, 1.82) is 0 Å². The van der Waals surface area contributed by atoms with Crippen LogP contribution in [0, 0.1) is 0 Å². The highest BCUT2D eigenvalue weighted by molar-refractivity contribution is 6.34. The number of likely N-dealkylation sites (tertiary alicyclic amines) is 1. The van der Waals surface area contributed by atoms with Gasteiger partial charge in [0.05, 0.1) is 11.3 Å². The molecular weight excluding hydrogens is 248 g/mol. The summed E-state index contributed by atoms with van der Waals surface area (Å²) in [6.45, 7) is 2.00. The van der Waals surface area contributed by atoms with Crippen molar-refractivity contribution in [2.24, 2.45) is 5.73 Å². The van der Waals surface area contributed by atoms with E-state index in [-0.39, 0.29) is 6.04 Å². The van der Waals surface area contributed by atoms with Gasteiger partial charge < -0.3 is 15.1 Å². The Morgan fingerprint density at radius 2 is 2.28 bits per heavy atom. The van der Waals surface area contributed by atoms with Gasteiger partial charge in [0.1, 0.15) is 0 Å². The molecule has 4 heteroatoms. The number of likely N-dealkylation sites (N-methyl/N-ethyl adjacent to an activating group) is 1. The summed E-state index contributed by atoms with van der Waals surface area (Å²) in [5.74, 6) is 0.362. The van der Waals surface area contributed by atoms with Crippen molar-refractivity contribution in [1.82, 2.24) is 4.90 Å². The summed E-state index contributed by atoms with van der Waals surface area (Å²) in [6, 6.07) is 6.03.